The Hall–Kier alpha value is -3.62. The molecule has 0 aromatic heterocycles. The van der Waals surface area contributed by atoms with Crippen LogP contribution in [-0.2, 0) is 19.2 Å². The summed E-state index contributed by atoms with van der Waals surface area (Å²) in [6, 6.07) is -3.51. The van der Waals surface area contributed by atoms with E-state index in [-0.39, 0.29) is 50.7 Å². The van der Waals surface area contributed by atoms with Gasteiger partial charge < -0.3 is 49.5 Å². The van der Waals surface area contributed by atoms with Crippen LogP contribution in [0.3, 0.4) is 0 Å². The first-order chi connectivity index (χ1) is 14.9. The molecule has 0 rings (SSSR count). The molecule has 32 heavy (non-hydrogen) atoms. The van der Waals surface area contributed by atoms with Gasteiger partial charge in [0.25, 0.3) is 0 Å². The highest BCUT2D eigenvalue weighted by atomic mass is 16.4. The zero-order valence-electron chi connectivity index (χ0n) is 17.7. The fourth-order valence-corrected chi connectivity index (χ4v) is 2.48. The van der Waals surface area contributed by atoms with Crippen LogP contribution in [0.15, 0.2) is 9.98 Å². The van der Waals surface area contributed by atoms with Crippen molar-refractivity contribution in [3.63, 3.8) is 0 Å². The lowest BCUT2D eigenvalue weighted by Crippen LogP contribution is -2.49. The molecule has 0 aromatic rings. The standard InChI is InChI=1S/C17H33N9O6/c18-9(13(28)26-11(15(31)32)4-2-8-24-17(21)22)5-6-12(27)25-10(14(29)30)3-1-7-23-16(19)20/h9-11H,1-8,18H2,(H,25,27)(H,26,28)(H,29,30)(H,31,32)(H4,19,20,23)(H4,21,22,24)/t9-,10-,11-/m0/s1. The average molecular weight is 460 g/mol. The van der Waals surface area contributed by atoms with Gasteiger partial charge in [-0.2, -0.15) is 0 Å². The quantitative estimate of drug-likeness (QED) is 0.0615. The molecular weight excluding hydrogens is 426 g/mol. The molecule has 0 bridgehead atoms. The van der Waals surface area contributed by atoms with Crippen LogP contribution in [-0.4, -0.2) is 77.1 Å². The summed E-state index contributed by atoms with van der Waals surface area (Å²) in [7, 11) is 0. The molecule has 0 saturated carbocycles. The largest absolute Gasteiger partial charge is 0.480 e. The highest BCUT2D eigenvalue weighted by molar-refractivity contribution is 5.88. The Bertz CT molecular complexity index is 705. The van der Waals surface area contributed by atoms with E-state index in [0.29, 0.717) is 12.8 Å². The minimum absolute atomic E-state index is 0.0746. The van der Waals surface area contributed by atoms with E-state index < -0.39 is 41.9 Å². The summed E-state index contributed by atoms with van der Waals surface area (Å²) in [6.07, 6.45) is 0.478. The van der Waals surface area contributed by atoms with E-state index in [0.717, 1.165) is 0 Å². The van der Waals surface area contributed by atoms with Gasteiger partial charge in [-0.1, -0.05) is 0 Å². The third-order valence-electron chi connectivity index (χ3n) is 4.16. The maximum atomic E-state index is 12.1. The molecule has 14 N–H and O–H groups in total. The molecule has 2 amide bonds. The number of amides is 2. The monoisotopic (exact) mass is 459 g/mol. The summed E-state index contributed by atoms with van der Waals surface area (Å²) >= 11 is 0. The fraction of sp³-hybridized carbons (Fsp3) is 0.647. The van der Waals surface area contributed by atoms with Gasteiger partial charge >= 0.3 is 11.9 Å². The highest BCUT2D eigenvalue weighted by Gasteiger charge is 2.24. The molecule has 182 valence electrons. The van der Waals surface area contributed by atoms with E-state index in [1.54, 1.807) is 0 Å². The van der Waals surface area contributed by atoms with Gasteiger partial charge in [-0.3, -0.25) is 19.6 Å². The van der Waals surface area contributed by atoms with Gasteiger partial charge in [0.1, 0.15) is 12.1 Å². The molecule has 0 saturated heterocycles. The van der Waals surface area contributed by atoms with Crippen molar-refractivity contribution >= 4 is 35.7 Å². The van der Waals surface area contributed by atoms with Gasteiger partial charge in [-0.05, 0) is 32.1 Å². The van der Waals surface area contributed by atoms with Crippen molar-refractivity contribution in [3.8, 4) is 0 Å². The van der Waals surface area contributed by atoms with Gasteiger partial charge in [0.2, 0.25) is 11.8 Å². The topological polar surface area (TPSA) is 288 Å². The van der Waals surface area contributed by atoms with Gasteiger partial charge in [-0.25, -0.2) is 9.59 Å². The van der Waals surface area contributed by atoms with Crippen LogP contribution in [0.4, 0.5) is 0 Å². The van der Waals surface area contributed by atoms with Crippen molar-refractivity contribution in [3.05, 3.63) is 0 Å². The second-order valence-electron chi connectivity index (χ2n) is 6.90. The molecule has 0 heterocycles. The zero-order valence-corrected chi connectivity index (χ0v) is 17.7. The van der Waals surface area contributed by atoms with E-state index in [1.807, 2.05) is 0 Å². The van der Waals surface area contributed by atoms with E-state index in [2.05, 4.69) is 20.6 Å². The first-order valence-corrected chi connectivity index (χ1v) is 9.85. The van der Waals surface area contributed by atoms with Gasteiger partial charge in [-0.15, -0.1) is 0 Å². The number of nitrogens with zero attached hydrogens (tertiary/aromatic N) is 2. The van der Waals surface area contributed by atoms with Crippen LogP contribution in [0.2, 0.25) is 0 Å². The lowest BCUT2D eigenvalue weighted by molar-refractivity contribution is -0.142. The van der Waals surface area contributed by atoms with Crippen molar-refractivity contribution in [2.75, 3.05) is 13.1 Å². The van der Waals surface area contributed by atoms with Gasteiger partial charge in [0.05, 0.1) is 6.04 Å². The highest BCUT2D eigenvalue weighted by Crippen LogP contribution is 2.03. The number of carbonyl (C=O) groups is 4. The van der Waals surface area contributed by atoms with Crippen molar-refractivity contribution in [2.24, 2.45) is 38.7 Å². The molecule has 0 fully saturated rings. The average Bonchev–Trinajstić information content (AvgIpc) is 2.69. The number of hydrogen-bond donors (Lipinski definition) is 9. The predicted octanol–water partition coefficient (Wildman–Crippen LogP) is -3.66. The number of carboxylic acids is 2. The maximum absolute atomic E-state index is 12.1. The van der Waals surface area contributed by atoms with Crippen molar-refractivity contribution in [1.82, 2.24) is 10.6 Å². The van der Waals surface area contributed by atoms with Gasteiger partial charge in [0, 0.05) is 19.5 Å². The Morgan fingerprint density at radius 2 is 1.19 bits per heavy atom. The van der Waals surface area contributed by atoms with E-state index in [9.17, 15) is 29.4 Å². The Balaban J connectivity index is 4.52. The first-order valence-electron chi connectivity index (χ1n) is 9.85. The molecular formula is C17H33N9O6. The van der Waals surface area contributed by atoms with E-state index in [4.69, 9.17) is 28.7 Å². The number of aliphatic carboxylic acids is 2. The van der Waals surface area contributed by atoms with E-state index >= 15 is 0 Å². The fourth-order valence-electron chi connectivity index (χ4n) is 2.48. The molecule has 15 heteroatoms. The number of carbonyl (C=O) groups excluding carboxylic acids is 2. The van der Waals surface area contributed by atoms with Crippen LogP contribution < -0.4 is 39.3 Å². The predicted molar refractivity (Wildman–Crippen MR) is 116 cm³/mol. The second kappa shape index (κ2) is 15.2. The number of nitrogens with two attached hydrogens (primary N) is 5. The van der Waals surface area contributed by atoms with Crippen LogP contribution in [0.1, 0.15) is 38.5 Å². The summed E-state index contributed by atoms with van der Waals surface area (Å²) in [4.78, 5) is 54.2. The molecule has 0 spiro atoms. The molecule has 0 aliphatic heterocycles. The Labute approximate surface area is 184 Å². The number of hydrogen-bond acceptors (Lipinski definition) is 7. The number of nitrogens with one attached hydrogen (secondary N) is 2. The Kier molecular flexibility index (Phi) is 13.5. The molecule has 15 nitrogen and oxygen atoms in total. The molecule has 0 unspecified atom stereocenters. The summed E-state index contributed by atoms with van der Waals surface area (Å²) in [5.41, 5.74) is 26.5. The number of guanidine groups is 2. The van der Waals surface area contributed by atoms with Gasteiger partial charge in [0.15, 0.2) is 11.9 Å². The summed E-state index contributed by atoms with van der Waals surface area (Å²) in [6.45, 7) is 0.411. The van der Waals surface area contributed by atoms with Crippen molar-refractivity contribution < 1.29 is 29.4 Å². The molecule has 0 aliphatic rings. The smallest absolute Gasteiger partial charge is 0.326 e. The summed E-state index contributed by atoms with van der Waals surface area (Å²) in [5, 5.41) is 23.1. The second-order valence-corrected chi connectivity index (χ2v) is 6.90. The van der Waals surface area contributed by atoms with Crippen molar-refractivity contribution in [2.45, 2.75) is 56.7 Å². The van der Waals surface area contributed by atoms with Crippen LogP contribution in [0, 0.1) is 0 Å². The molecule has 0 radical (unpaired) electrons. The van der Waals surface area contributed by atoms with Crippen LogP contribution in [0.5, 0.6) is 0 Å². The Morgan fingerprint density at radius 1 is 0.750 bits per heavy atom. The number of aliphatic imine (C=N–C) groups is 2. The third-order valence-corrected chi connectivity index (χ3v) is 4.16. The molecule has 3 atom stereocenters. The van der Waals surface area contributed by atoms with Crippen molar-refractivity contribution in [1.29, 1.82) is 0 Å². The maximum Gasteiger partial charge on any atom is 0.326 e. The third kappa shape index (κ3) is 13.6. The minimum atomic E-state index is -1.25. The molecule has 0 aliphatic carbocycles. The SMILES string of the molecule is NC(N)=NCCC[C@H](NC(=O)CC[C@H](N)C(=O)N[C@@H](CCCN=C(N)N)C(=O)O)C(=O)O. The summed E-state index contributed by atoms with van der Waals surface area (Å²) < 4.78 is 0. The lowest BCUT2D eigenvalue weighted by atomic mass is 10.1. The number of carboxylic acid groups (broad SMARTS) is 2. The molecule has 0 aromatic carbocycles. The van der Waals surface area contributed by atoms with E-state index in [1.165, 1.54) is 0 Å². The zero-order chi connectivity index (χ0) is 24.7. The summed E-state index contributed by atoms with van der Waals surface area (Å²) in [5.74, 6) is -4.09. The van der Waals surface area contributed by atoms with Crippen LogP contribution in [0.25, 0.3) is 0 Å². The first kappa shape index (κ1) is 28.4. The lowest BCUT2D eigenvalue weighted by Gasteiger charge is -2.18. The Morgan fingerprint density at radius 3 is 1.59 bits per heavy atom. The minimum Gasteiger partial charge on any atom is -0.480 e. The van der Waals surface area contributed by atoms with Crippen LogP contribution >= 0.6 is 0 Å². The number of rotatable bonds is 16. The normalized spacial score (nSPS) is 13.2.